The van der Waals surface area contributed by atoms with E-state index in [1.54, 1.807) is 0 Å². The molecule has 0 amide bonds. The van der Waals surface area contributed by atoms with Gasteiger partial charge in [-0.25, -0.2) is 15.0 Å². The first-order valence-corrected chi connectivity index (χ1v) is 12.3. The number of aromatic nitrogens is 3. The highest BCUT2D eigenvalue weighted by Crippen LogP contribution is 2.49. The van der Waals surface area contributed by atoms with Gasteiger partial charge in [0, 0.05) is 30.9 Å². The van der Waals surface area contributed by atoms with Gasteiger partial charge in [-0.05, 0) is 19.4 Å². The minimum atomic E-state index is -3.14. The van der Waals surface area contributed by atoms with E-state index in [1.807, 2.05) is 86.6 Å². The second-order valence-corrected chi connectivity index (χ2v) is 10.1. The highest BCUT2D eigenvalue weighted by Gasteiger charge is 2.21. The molecule has 0 unspecified atom stereocenters. The van der Waals surface area contributed by atoms with Crippen molar-refractivity contribution in [2.45, 2.75) is 20.0 Å². The zero-order valence-corrected chi connectivity index (χ0v) is 20.0. The maximum atomic E-state index is 12.4. The van der Waals surface area contributed by atoms with E-state index in [1.165, 1.54) is 25.3 Å². The lowest BCUT2D eigenvalue weighted by molar-refractivity contribution is 0.275. The Kier molecular flexibility index (Phi) is 6.80. The maximum absolute atomic E-state index is 12.4. The van der Waals surface area contributed by atoms with Gasteiger partial charge in [-0.2, -0.15) is 0 Å². The van der Waals surface area contributed by atoms with Crippen molar-refractivity contribution in [3.8, 4) is 34.2 Å². The van der Waals surface area contributed by atoms with Crippen molar-refractivity contribution in [3.63, 3.8) is 0 Å². The summed E-state index contributed by atoms with van der Waals surface area (Å²) in [5, 5.41) is 0. The average molecular weight is 459 g/mol. The molecule has 0 fully saturated rings. The van der Waals surface area contributed by atoms with Gasteiger partial charge < -0.3 is 9.05 Å². The van der Waals surface area contributed by atoms with Gasteiger partial charge in [0.05, 0.1) is 6.16 Å². The van der Waals surface area contributed by atoms with Crippen LogP contribution < -0.4 is 0 Å². The number of benzene rings is 3. The molecule has 0 N–H and O–H groups in total. The summed E-state index contributed by atoms with van der Waals surface area (Å²) >= 11 is 0. The van der Waals surface area contributed by atoms with Gasteiger partial charge in [0.15, 0.2) is 17.5 Å². The standard InChI is InChI=1S/C26H26N3O3P/c1-18-5-11-21(12-6-18)24-27-25(22-13-7-19(2)8-14-22)29-26(28-24)23-15-9-20(10-16-23)17-33(30,31-3)32-4/h5-16H,17H2,1-4H3. The molecule has 0 saturated heterocycles. The fraction of sp³-hybridized carbons (Fsp3) is 0.192. The summed E-state index contributed by atoms with van der Waals surface area (Å²) in [6.07, 6.45) is 0.195. The first kappa shape index (κ1) is 23.0. The molecule has 0 saturated carbocycles. The fourth-order valence-electron chi connectivity index (χ4n) is 3.35. The zero-order valence-electron chi connectivity index (χ0n) is 19.1. The molecule has 0 aliphatic carbocycles. The van der Waals surface area contributed by atoms with Crippen LogP contribution >= 0.6 is 7.60 Å². The number of hydrogen-bond donors (Lipinski definition) is 0. The van der Waals surface area contributed by atoms with Gasteiger partial charge in [0.2, 0.25) is 0 Å². The Bertz CT molecular complexity index is 1220. The Balaban J connectivity index is 1.76. The highest BCUT2D eigenvalue weighted by molar-refractivity contribution is 7.52. The molecule has 3 aromatic carbocycles. The predicted octanol–water partition coefficient (Wildman–Crippen LogP) is 6.48. The lowest BCUT2D eigenvalue weighted by Crippen LogP contribution is -2.00. The Hall–Kier alpha value is -3.18. The van der Waals surface area contributed by atoms with E-state index in [9.17, 15) is 4.57 Å². The van der Waals surface area contributed by atoms with Gasteiger partial charge in [0.1, 0.15) is 0 Å². The van der Waals surface area contributed by atoms with Crippen LogP contribution in [0.25, 0.3) is 34.2 Å². The molecule has 1 heterocycles. The van der Waals surface area contributed by atoms with Crippen molar-refractivity contribution in [2.24, 2.45) is 0 Å². The summed E-state index contributed by atoms with van der Waals surface area (Å²) in [6, 6.07) is 23.9. The molecule has 0 atom stereocenters. The first-order valence-electron chi connectivity index (χ1n) is 10.6. The van der Waals surface area contributed by atoms with E-state index >= 15 is 0 Å². The van der Waals surface area contributed by atoms with Crippen LogP contribution in [0.3, 0.4) is 0 Å². The normalized spacial score (nSPS) is 11.5. The summed E-state index contributed by atoms with van der Waals surface area (Å²) in [5.74, 6) is 1.80. The molecular weight excluding hydrogens is 433 g/mol. The van der Waals surface area contributed by atoms with Gasteiger partial charge in [-0.15, -0.1) is 0 Å². The van der Waals surface area contributed by atoms with E-state index < -0.39 is 7.60 Å². The fourth-order valence-corrected chi connectivity index (χ4v) is 4.42. The van der Waals surface area contributed by atoms with E-state index in [2.05, 4.69) is 0 Å². The van der Waals surface area contributed by atoms with Crippen LogP contribution in [0.15, 0.2) is 72.8 Å². The van der Waals surface area contributed by atoms with Crippen molar-refractivity contribution in [2.75, 3.05) is 14.2 Å². The van der Waals surface area contributed by atoms with Crippen LogP contribution in [0.5, 0.6) is 0 Å². The molecule has 0 aliphatic rings. The Morgan fingerprint density at radius 3 is 1.27 bits per heavy atom. The molecule has 0 radical (unpaired) electrons. The number of aryl methyl sites for hydroxylation is 2. The van der Waals surface area contributed by atoms with E-state index in [-0.39, 0.29) is 6.16 Å². The molecule has 4 aromatic rings. The SMILES string of the molecule is COP(=O)(Cc1ccc(-c2nc(-c3ccc(C)cc3)nc(-c3ccc(C)cc3)n2)cc1)OC. The third kappa shape index (κ3) is 5.42. The van der Waals surface area contributed by atoms with Crippen LogP contribution in [-0.4, -0.2) is 29.2 Å². The molecule has 0 aliphatic heterocycles. The van der Waals surface area contributed by atoms with Crippen LogP contribution in [0.2, 0.25) is 0 Å². The van der Waals surface area contributed by atoms with Crippen LogP contribution in [-0.2, 0) is 19.8 Å². The second kappa shape index (κ2) is 9.75. The van der Waals surface area contributed by atoms with Gasteiger partial charge >= 0.3 is 7.60 Å². The Morgan fingerprint density at radius 1 is 0.606 bits per heavy atom. The first-order chi connectivity index (χ1) is 15.9. The minimum Gasteiger partial charge on any atom is -0.312 e. The highest BCUT2D eigenvalue weighted by atomic mass is 31.2. The van der Waals surface area contributed by atoms with Crippen LogP contribution in [0.1, 0.15) is 16.7 Å². The largest absolute Gasteiger partial charge is 0.334 e. The van der Waals surface area contributed by atoms with E-state index in [0.29, 0.717) is 17.5 Å². The van der Waals surface area contributed by atoms with E-state index in [0.717, 1.165) is 22.3 Å². The van der Waals surface area contributed by atoms with Crippen LogP contribution in [0.4, 0.5) is 0 Å². The maximum Gasteiger partial charge on any atom is 0.334 e. The van der Waals surface area contributed by atoms with Crippen molar-refractivity contribution < 1.29 is 13.6 Å². The summed E-state index contributed by atoms with van der Waals surface area (Å²) in [4.78, 5) is 14.3. The number of rotatable bonds is 7. The molecule has 1 aromatic heterocycles. The summed E-state index contributed by atoms with van der Waals surface area (Å²) in [7, 11) is -0.352. The van der Waals surface area contributed by atoms with Crippen molar-refractivity contribution in [3.05, 3.63) is 89.5 Å². The third-order valence-electron chi connectivity index (χ3n) is 5.40. The zero-order chi connectivity index (χ0) is 23.4. The second-order valence-electron chi connectivity index (χ2n) is 7.87. The summed E-state index contributed by atoms with van der Waals surface area (Å²) in [5.41, 5.74) is 5.88. The molecule has 4 rings (SSSR count). The average Bonchev–Trinajstić information content (AvgIpc) is 2.85. The molecule has 7 heteroatoms. The Morgan fingerprint density at radius 2 is 0.939 bits per heavy atom. The van der Waals surface area contributed by atoms with Crippen LogP contribution in [0, 0.1) is 13.8 Å². The molecule has 33 heavy (non-hydrogen) atoms. The summed E-state index contributed by atoms with van der Waals surface area (Å²) in [6.45, 7) is 4.10. The van der Waals surface area contributed by atoms with Gasteiger partial charge in [-0.1, -0.05) is 83.9 Å². The number of nitrogens with zero attached hydrogens (tertiary/aromatic N) is 3. The third-order valence-corrected chi connectivity index (χ3v) is 7.26. The molecule has 168 valence electrons. The van der Waals surface area contributed by atoms with Gasteiger partial charge in [0.25, 0.3) is 0 Å². The topological polar surface area (TPSA) is 74.2 Å². The molecule has 0 bridgehead atoms. The lowest BCUT2D eigenvalue weighted by atomic mass is 10.1. The quantitative estimate of drug-likeness (QED) is 0.295. The van der Waals surface area contributed by atoms with Crippen molar-refractivity contribution in [1.82, 2.24) is 15.0 Å². The van der Waals surface area contributed by atoms with Gasteiger partial charge in [-0.3, -0.25) is 4.57 Å². The van der Waals surface area contributed by atoms with E-state index in [4.69, 9.17) is 24.0 Å². The Labute approximate surface area is 194 Å². The van der Waals surface area contributed by atoms with Crippen molar-refractivity contribution >= 4 is 7.60 Å². The smallest absolute Gasteiger partial charge is 0.312 e. The predicted molar refractivity (Wildman–Crippen MR) is 131 cm³/mol. The molecule has 6 nitrogen and oxygen atoms in total. The monoisotopic (exact) mass is 459 g/mol. The summed E-state index contributed by atoms with van der Waals surface area (Å²) < 4.78 is 22.6. The minimum absolute atomic E-state index is 0.195. The lowest BCUT2D eigenvalue weighted by Gasteiger charge is -2.13. The molecule has 0 spiro atoms. The van der Waals surface area contributed by atoms with Crippen molar-refractivity contribution in [1.29, 1.82) is 0 Å². The molecular formula is C26H26N3O3P. The number of hydrogen-bond acceptors (Lipinski definition) is 6.